The minimum Gasteiger partial charge on any atom is -0.526 e. The van der Waals surface area contributed by atoms with Crippen LogP contribution in [0, 0.1) is 17.8 Å². The average molecular weight is 180 g/mol. The van der Waals surface area contributed by atoms with E-state index in [1.807, 2.05) is 0 Å². The van der Waals surface area contributed by atoms with Crippen LogP contribution in [-0.4, -0.2) is 8.05 Å². The molecule has 1 aromatic rings. The van der Waals surface area contributed by atoms with Crippen molar-refractivity contribution in [3.63, 3.8) is 0 Å². The second kappa shape index (κ2) is 4.03. The van der Waals surface area contributed by atoms with E-state index in [0.717, 1.165) is 0 Å². The number of hydrogen-bond donors (Lipinski definition) is 0. The average Bonchev–Trinajstić information content (AvgIpc) is 1.99. The zero-order valence-electron chi connectivity index (χ0n) is 5.97. The van der Waals surface area contributed by atoms with Crippen molar-refractivity contribution in [3.8, 4) is 12.0 Å². The summed E-state index contributed by atoms with van der Waals surface area (Å²) in [4.78, 5) is 0. The van der Waals surface area contributed by atoms with Gasteiger partial charge in [0.1, 0.15) is 5.82 Å². The third-order valence-electron chi connectivity index (χ3n) is 1.12. The van der Waals surface area contributed by atoms with Crippen LogP contribution in [0.2, 0.25) is 5.02 Å². The molecule has 0 atom stereocenters. The molecule has 0 unspecified atom stereocenters. The first-order valence-electron chi connectivity index (χ1n) is 3.05. The lowest BCUT2D eigenvalue weighted by Gasteiger charge is -1.92. The van der Waals surface area contributed by atoms with Gasteiger partial charge in [-0.25, -0.2) is 4.39 Å². The highest BCUT2D eigenvalue weighted by molar-refractivity contribution is 6.30. The van der Waals surface area contributed by atoms with E-state index in [4.69, 9.17) is 11.6 Å². The monoisotopic (exact) mass is 180 g/mol. The Morgan fingerprint density at radius 2 is 2.17 bits per heavy atom. The van der Waals surface area contributed by atoms with Gasteiger partial charge in [-0.15, -0.1) is 0 Å². The van der Waals surface area contributed by atoms with E-state index >= 15 is 0 Å². The Bertz CT molecular complexity index is 322. The Balaban J connectivity index is 3.01. The summed E-state index contributed by atoms with van der Waals surface area (Å²) in [5.74, 6) is 2.01. The molecule has 0 saturated carbocycles. The van der Waals surface area contributed by atoms with Gasteiger partial charge in [0.2, 0.25) is 0 Å². The van der Waals surface area contributed by atoms with Crippen molar-refractivity contribution < 1.29 is 9.04 Å². The Morgan fingerprint density at radius 1 is 1.42 bits per heavy atom. The summed E-state index contributed by atoms with van der Waals surface area (Å²) in [6, 6.07) is 3.94. The van der Waals surface area contributed by atoms with Crippen LogP contribution in [0.4, 0.5) is 4.39 Å². The Labute approximate surface area is 75.9 Å². The third kappa shape index (κ3) is 2.48. The van der Waals surface area contributed by atoms with Gasteiger partial charge in [0.05, 0.1) is 6.11 Å². The van der Waals surface area contributed by atoms with E-state index in [0.29, 0.717) is 5.56 Å². The van der Waals surface area contributed by atoms with Crippen LogP contribution in [0.15, 0.2) is 18.2 Å². The van der Waals surface area contributed by atoms with Gasteiger partial charge in [-0.05, 0) is 24.1 Å². The fourth-order valence-electron chi connectivity index (χ4n) is 0.714. The first-order chi connectivity index (χ1) is 5.72. The molecule has 0 spiro atoms. The van der Waals surface area contributed by atoms with E-state index in [2.05, 4.69) is 24.7 Å². The molecule has 0 saturated heterocycles. The van der Waals surface area contributed by atoms with Crippen LogP contribution in [0.3, 0.4) is 0 Å². The molecule has 0 aliphatic rings. The predicted octanol–water partition coefficient (Wildman–Crippen LogP) is 1.89. The van der Waals surface area contributed by atoms with Crippen molar-refractivity contribution in [2.45, 2.75) is 0 Å². The van der Waals surface area contributed by atoms with Crippen LogP contribution in [0.1, 0.15) is 5.56 Å². The number of rotatable bonds is 0. The van der Waals surface area contributed by atoms with Crippen molar-refractivity contribution in [2.75, 3.05) is 0 Å². The summed E-state index contributed by atoms with van der Waals surface area (Å²) < 4.78 is 16.6. The maximum absolute atomic E-state index is 12.6. The van der Waals surface area contributed by atoms with Crippen molar-refractivity contribution in [3.05, 3.63) is 34.6 Å². The first-order valence-corrected chi connectivity index (χ1v) is 3.43. The van der Waals surface area contributed by atoms with Gasteiger partial charge in [-0.3, -0.25) is 0 Å². The SMILES string of the molecule is [B]OC#Cc1cc(F)cc(Cl)c1. The highest BCUT2D eigenvalue weighted by Crippen LogP contribution is 2.12. The van der Waals surface area contributed by atoms with E-state index in [9.17, 15) is 4.39 Å². The summed E-state index contributed by atoms with van der Waals surface area (Å²) in [7, 11) is 4.65. The molecule has 4 heteroatoms. The molecule has 0 N–H and O–H groups in total. The lowest BCUT2D eigenvalue weighted by molar-refractivity contribution is 0.579. The highest BCUT2D eigenvalue weighted by atomic mass is 35.5. The van der Waals surface area contributed by atoms with Gasteiger partial charge >= 0.3 is 8.05 Å². The molecule has 1 rings (SSSR count). The summed E-state index contributed by atoms with van der Waals surface area (Å²) >= 11 is 5.55. The quantitative estimate of drug-likeness (QED) is 0.438. The molecule has 58 valence electrons. The summed E-state index contributed by atoms with van der Waals surface area (Å²) in [6.45, 7) is 0. The Kier molecular flexibility index (Phi) is 3.01. The molecule has 2 radical (unpaired) electrons. The largest absolute Gasteiger partial charge is 0.526 e. The summed E-state index contributed by atoms with van der Waals surface area (Å²) in [5.41, 5.74) is 0.422. The van der Waals surface area contributed by atoms with E-state index in [-0.39, 0.29) is 5.02 Å². The van der Waals surface area contributed by atoms with Crippen LogP contribution in [0.25, 0.3) is 0 Å². The lowest BCUT2D eigenvalue weighted by atomic mass is 10.2. The molecule has 0 aromatic heterocycles. The van der Waals surface area contributed by atoms with E-state index in [1.165, 1.54) is 18.2 Å². The number of hydrogen-bond acceptors (Lipinski definition) is 1. The molecule has 12 heavy (non-hydrogen) atoms. The molecule has 0 bridgehead atoms. The molecular formula is C8H3BClFO. The molecule has 0 aliphatic carbocycles. The van der Waals surface area contributed by atoms with Gasteiger partial charge in [-0.2, -0.15) is 0 Å². The Hall–Kier alpha value is -1.14. The molecule has 0 aliphatic heterocycles. The predicted molar refractivity (Wildman–Crippen MR) is 45.1 cm³/mol. The van der Waals surface area contributed by atoms with Crippen LogP contribution < -0.4 is 0 Å². The number of benzene rings is 1. The summed E-state index contributed by atoms with van der Waals surface area (Å²) in [6.07, 6.45) is 2.12. The standard InChI is InChI=1S/C8H3BClFO/c9-12-2-1-6-3-7(10)5-8(11)4-6/h3-5H. The lowest BCUT2D eigenvalue weighted by Crippen LogP contribution is -1.79. The van der Waals surface area contributed by atoms with Gasteiger partial charge in [0.15, 0.2) is 0 Å². The van der Waals surface area contributed by atoms with Crippen molar-refractivity contribution in [1.29, 1.82) is 0 Å². The van der Waals surface area contributed by atoms with Crippen LogP contribution >= 0.6 is 11.6 Å². The topological polar surface area (TPSA) is 9.23 Å². The van der Waals surface area contributed by atoms with Gasteiger partial charge in [0, 0.05) is 10.6 Å². The molecule has 1 nitrogen and oxygen atoms in total. The minimum absolute atomic E-state index is 0.288. The molecular weight excluding hydrogens is 177 g/mol. The fourth-order valence-corrected chi connectivity index (χ4v) is 0.936. The normalized spacial score (nSPS) is 8.50. The van der Waals surface area contributed by atoms with Gasteiger partial charge in [0.25, 0.3) is 0 Å². The van der Waals surface area contributed by atoms with Crippen LogP contribution in [0.5, 0.6) is 0 Å². The third-order valence-corrected chi connectivity index (χ3v) is 1.34. The van der Waals surface area contributed by atoms with Crippen LogP contribution in [-0.2, 0) is 4.65 Å². The molecule has 0 amide bonds. The molecule has 1 aromatic carbocycles. The smallest absolute Gasteiger partial charge is 0.392 e. The number of halogens is 2. The van der Waals surface area contributed by atoms with Crippen molar-refractivity contribution >= 4 is 19.7 Å². The second-order valence-corrected chi connectivity index (χ2v) is 2.44. The van der Waals surface area contributed by atoms with Gasteiger partial charge < -0.3 is 4.65 Å². The zero-order valence-corrected chi connectivity index (χ0v) is 6.73. The van der Waals surface area contributed by atoms with Crippen molar-refractivity contribution in [2.24, 2.45) is 0 Å². The minimum atomic E-state index is -0.441. The van der Waals surface area contributed by atoms with E-state index in [1.54, 1.807) is 0 Å². The Morgan fingerprint density at radius 3 is 2.75 bits per heavy atom. The fraction of sp³-hybridized carbons (Fsp3) is 0. The summed E-state index contributed by atoms with van der Waals surface area (Å²) in [5, 5.41) is 0.288. The maximum atomic E-state index is 12.6. The first kappa shape index (κ1) is 8.96. The van der Waals surface area contributed by atoms with Gasteiger partial charge in [-0.1, -0.05) is 11.6 Å². The molecule has 0 fully saturated rings. The zero-order chi connectivity index (χ0) is 8.97. The maximum Gasteiger partial charge on any atom is 0.392 e. The molecule has 0 heterocycles. The second-order valence-electron chi connectivity index (χ2n) is 2.00. The highest BCUT2D eigenvalue weighted by Gasteiger charge is 1.95. The van der Waals surface area contributed by atoms with Crippen molar-refractivity contribution in [1.82, 2.24) is 0 Å². The van der Waals surface area contributed by atoms with E-state index < -0.39 is 5.82 Å².